The summed E-state index contributed by atoms with van der Waals surface area (Å²) in [6, 6.07) is 7.14. The summed E-state index contributed by atoms with van der Waals surface area (Å²) in [6.45, 7) is 0.642. The van der Waals surface area contributed by atoms with Crippen LogP contribution < -0.4 is 10.4 Å². The van der Waals surface area contributed by atoms with E-state index in [0.29, 0.717) is 29.2 Å². The van der Waals surface area contributed by atoms with Crippen LogP contribution in [0.1, 0.15) is 34.3 Å². The van der Waals surface area contributed by atoms with Crippen LogP contribution in [-0.2, 0) is 17.6 Å². The largest absolute Gasteiger partial charge is 0.310 e. The number of nitrogens with zero attached hydrogens (tertiary/aromatic N) is 2. The second kappa shape index (κ2) is 6.37. The first kappa shape index (κ1) is 17.0. The third-order valence-electron chi connectivity index (χ3n) is 5.53. The molecule has 0 saturated carbocycles. The van der Waals surface area contributed by atoms with E-state index in [9.17, 15) is 9.59 Å². The Kier molecular flexibility index (Phi) is 4.17. The molecule has 1 aromatic heterocycles. The Hall–Kier alpha value is -2.44. The number of pyridine rings is 1. The van der Waals surface area contributed by atoms with Gasteiger partial charge in [0.2, 0.25) is 5.91 Å². The smallest absolute Gasteiger partial charge is 0.274 e. The average molecular weight is 372 g/mol. The number of benzene rings is 1. The summed E-state index contributed by atoms with van der Waals surface area (Å²) in [5.74, 6) is -0.419. The van der Waals surface area contributed by atoms with Gasteiger partial charge in [-0.25, -0.2) is 5.48 Å². The third kappa shape index (κ3) is 2.66. The fourth-order valence-corrected chi connectivity index (χ4v) is 4.32. The molecule has 1 aliphatic carbocycles. The van der Waals surface area contributed by atoms with Crippen molar-refractivity contribution in [2.24, 2.45) is 5.41 Å². The molecule has 26 heavy (non-hydrogen) atoms. The highest BCUT2D eigenvalue weighted by molar-refractivity contribution is 6.33. The van der Waals surface area contributed by atoms with Crippen molar-refractivity contribution < 1.29 is 14.8 Å². The van der Waals surface area contributed by atoms with E-state index in [1.807, 2.05) is 6.07 Å². The lowest BCUT2D eigenvalue weighted by Crippen LogP contribution is -2.39. The highest BCUT2D eigenvalue weighted by Gasteiger charge is 2.48. The van der Waals surface area contributed by atoms with Crippen molar-refractivity contribution in [1.82, 2.24) is 10.5 Å². The van der Waals surface area contributed by atoms with Crippen LogP contribution >= 0.6 is 11.6 Å². The van der Waals surface area contributed by atoms with Crippen molar-refractivity contribution in [2.75, 3.05) is 11.4 Å². The molecule has 0 unspecified atom stereocenters. The standard InChI is InChI=1S/C19H18ClN3O3/c20-15-11-21-7-4-16(15)23-8-6-19(18(23)25)5-3-12-9-13(17(24)22-26)1-2-14(12)10-19/h1-2,4,7,9,11,26H,3,5-6,8,10H2,(H,22,24)/t19-/m0/s1. The van der Waals surface area contributed by atoms with Crippen molar-refractivity contribution in [3.63, 3.8) is 0 Å². The van der Waals surface area contributed by atoms with E-state index in [0.717, 1.165) is 30.4 Å². The molecule has 1 spiro atoms. The van der Waals surface area contributed by atoms with Crippen LogP contribution in [0.25, 0.3) is 0 Å². The third-order valence-corrected chi connectivity index (χ3v) is 5.82. The van der Waals surface area contributed by atoms with Crippen molar-refractivity contribution in [2.45, 2.75) is 25.7 Å². The number of rotatable bonds is 2. The zero-order valence-corrected chi connectivity index (χ0v) is 14.8. The van der Waals surface area contributed by atoms with E-state index in [4.69, 9.17) is 16.8 Å². The topological polar surface area (TPSA) is 82.5 Å². The lowest BCUT2D eigenvalue weighted by molar-refractivity contribution is -0.126. The Morgan fingerprint density at radius 1 is 1.27 bits per heavy atom. The number of nitrogens with one attached hydrogen (secondary N) is 1. The van der Waals surface area contributed by atoms with Gasteiger partial charge < -0.3 is 4.90 Å². The van der Waals surface area contributed by atoms with E-state index < -0.39 is 11.3 Å². The van der Waals surface area contributed by atoms with Crippen LogP contribution in [0.4, 0.5) is 5.69 Å². The van der Waals surface area contributed by atoms with Gasteiger partial charge in [-0.2, -0.15) is 0 Å². The van der Waals surface area contributed by atoms with Gasteiger partial charge in [-0.3, -0.25) is 19.8 Å². The van der Waals surface area contributed by atoms with Gasteiger partial charge in [-0.15, -0.1) is 0 Å². The zero-order valence-electron chi connectivity index (χ0n) is 14.0. The monoisotopic (exact) mass is 371 g/mol. The summed E-state index contributed by atoms with van der Waals surface area (Å²) in [5.41, 5.74) is 4.52. The Morgan fingerprint density at radius 3 is 2.88 bits per heavy atom. The Labute approximate surface area is 155 Å². The quantitative estimate of drug-likeness (QED) is 0.628. The molecule has 0 radical (unpaired) electrons. The summed E-state index contributed by atoms with van der Waals surface area (Å²) in [7, 11) is 0. The van der Waals surface area contributed by atoms with Crippen LogP contribution in [0.2, 0.25) is 5.02 Å². The lowest BCUT2D eigenvalue weighted by Gasteiger charge is -2.33. The first-order valence-corrected chi connectivity index (χ1v) is 8.90. The number of aromatic nitrogens is 1. The van der Waals surface area contributed by atoms with Gasteiger partial charge in [0.15, 0.2) is 0 Å². The Balaban J connectivity index is 1.61. The normalized spacial score (nSPS) is 21.8. The van der Waals surface area contributed by atoms with Crippen molar-refractivity contribution >= 4 is 29.1 Å². The summed E-state index contributed by atoms with van der Waals surface area (Å²) in [5, 5.41) is 9.27. The average Bonchev–Trinajstić information content (AvgIpc) is 2.97. The Morgan fingerprint density at radius 2 is 2.12 bits per heavy atom. The van der Waals surface area contributed by atoms with E-state index in [1.54, 1.807) is 41.0 Å². The molecule has 1 aliphatic heterocycles. The van der Waals surface area contributed by atoms with Gasteiger partial charge in [0, 0.05) is 24.5 Å². The maximum absolute atomic E-state index is 13.2. The number of carbonyl (C=O) groups is 2. The Bertz CT molecular complexity index is 901. The lowest BCUT2D eigenvalue weighted by atomic mass is 9.70. The van der Waals surface area contributed by atoms with Gasteiger partial charge in [-0.1, -0.05) is 17.7 Å². The molecule has 2 N–H and O–H groups in total. The predicted octanol–water partition coefficient (Wildman–Crippen LogP) is 2.77. The van der Waals surface area contributed by atoms with Crippen molar-refractivity contribution in [1.29, 1.82) is 0 Å². The molecule has 1 saturated heterocycles. The van der Waals surface area contributed by atoms with Gasteiger partial charge in [-0.05, 0) is 55.0 Å². The molecule has 2 amide bonds. The molecular formula is C19H18ClN3O3. The van der Waals surface area contributed by atoms with Crippen LogP contribution in [0, 0.1) is 5.41 Å². The van der Waals surface area contributed by atoms with Gasteiger partial charge >= 0.3 is 0 Å². The summed E-state index contributed by atoms with van der Waals surface area (Å²) in [6.07, 6.45) is 6.10. The maximum atomic E-state index is 13.2. The van der Waals surface area contributed by atoms with Crippen molar-refractivity contribution in [3.8, 4) is 0 Å². The number of fused-ring (bicyclic) bond motifs is 1. The predicted molar refractivity (Wildman–Crippen MR) is 96.4 cm³/mol. The molecule has 2 aromatic rings. The zero-order chi connectivity index (χ0) is 18.3. The summed E-state index contributed by atoms with van der Waals surface area (Å²) < 4.78 is 0. The van der Waals surface area contributed by atoms with Crippen LogP contribution in [-0.4, -0.2) is 28.6 Å². The number of anilines is 1. The molecule has 7 heteroatoms. The number of carbonyl (C=O) groups excluding carboxylic acids is 2. The molecule has 2 aliphatic rings. The van der Waals surface area contributed by atoms with Gasteiger partial charge in [0.25, 0.3) is 5.91 Å². The number of aryl methyl sites for hydroxylation is 1. The van der Waals surface area contributed by atoms with E-state index in [1.165, 1.54) is 0 Å². The van der Waals surface area contributed by atoms with Crippen LogP contribution in [0.5, 0.6) is 0 Å². The van der Waals surface area contributed by atoms with E-state index in [2.05, 4.69) is 4.98 Å². The van der Waals surface area contributed by atoms with E-state index in [-0.39, 0.29) is 5.91 Å². The molecule has 1 atom stereocenters. The number of hydrogen-bond donors (Lipinski definition) is 2. The minimum Gasteiger partial charge on any atom is -0.310 e. The van der Waals surface area contributed by atoms with Crippen molar-refractivity contribution in [3.05, 3.63) is 58.4 Å². The fraction of sp³-hybridized carbons (Fsp3) is 0.316. The highest BCUT2D eigenvalue weighted by atomic mass is 35.5. The van der Waals surface area contributed by atoms with E-state index >= 15 is 0 Å². The van der Waals surface area contributed by atoms with Gasteiger partial charge in [0.05, 0.1) is 16.1 Å². The van der Waals surface area contributed by atoms with Gasteiger partial charge in [0.1, 0.15) is 0 Å². The molecule has 0 bridgehead atoms. The molecule has 1 fully saturated rings. The number of hydroxylamine groups is 1. The molecule has 6 nitrogen and oxygen atoms in total. The molecular weight excluding hydrogens is 354 g/mol. The number of amides is 2. The first-order chi connectivity index (χ1) is 12.5. The highest BCUT2D eigenvalue weighted by Crippen LogP contribution is 2.45. The minimum absolute atomic E-state index is 0.105. The SMILES string of the molecule is O=C(NO)c1ccc2c(c1)CC[C@]1(CCN(c3ccncc3Cl)C1=O)C2. The molecule has 2 heterocycles. The second-order valence-corrected chi connectivity index (χ2v) is 7.32. The molecule has 1 aromatic carbocycles. The molecule has 4 rings (SSSR count). The fourth-order valence-electron chi connectivity index (χ4n) is 4.10. The van der Waals surface area contributed by atoms with Crippen LogP contribution in [0.15, 0.2) is 36.7 Å². The number of halogens is 1. The first-order valence-electron chi connectivity index (χ1n) is 8.52. The second-order valence-electron chi connectivity index (χ2n) is 6.92. The molecule has 134 valence electrons. The summed E-state index contributed by atoms with van der Waals surface area (Å²) >= 11 is 6.22. The number of hydrogen-bond acceptors (Lipinski definition) is 4. The summed E-state index contributed by atoms with van der Waals surface area (Å²) in [4.78, 5) is 30.6. The minimum atomic E-state index is -0.525. The maximum Gasteiger partial charge on any atom is 0.274 e. The van der Waals surface area contributed by atoms with Crippen LogP contribution in [0.3, 0.4) is 0 Å².